The molecule has 0 unspecified atom stereocenters. The first-order chi connectivity index (χ1) is 6.65. The quantitative estimate of drug-likeness (QED) is 0.445. The average molecular weight is 191 g/mol. The van der Waals surface area contributed by atoms with Crippen LogP contribution in [-0.4, -0.2) is 11.7 Å². The third-order valence-electron chi connectivity index (χ3n) is 2.23. The zero-order valence-electron chi connectivity index (χ0n) is 8.31. The maximum absolute atomic E-state index is 9.60. The highest BCUT2D eigenvalue weighted by molar-refractivity contribution is 5.31. The molecule has 1 atom stereocenters. The zero-order valence-corrected chi connectivity index (χ0v) is 8.31. The van der Waals surface area contributed by atoms with E-state index in [9.17, 15) is 5.11 Å². The molecule has 1 N–H and O–H groups in total. The molecule has 4 nitrogen and oxygen atoms in total. The van der Waals surface area contributed by atoms with Crippen molar-refractivity contribution in [2.75, 3.05) is 6.54 Å². The minimum atomic E-state index is -0.704. The Morgan fingerprint density at radius 2 is 2.14 bits per heavy atom. The van der Waals surface area contributed by atoms with E-state index in [1.54, 1.807) is 0 Å². The number of benzene rings is 1. The van der Waals surface area contributed by atoms with E-state index >= 15 is 0 Å². The van der Waals surface area contributed by atoms with Crippen molar-refractivity contribution in [3.8, 4) is 0 Å². The fourth-order valence-corrected chi connectivity index (χ4v) is 1.19. The summed E-state index contributed by atoms with van der Waals surface area (Å²) in [6.07, 6.45) is -0.704. The number of nitrogens with zero attached hydrogens (tertiary/aromatic N) is 3. The van der Waals surface area contributed by atoms with E-state index in [0.29, 0.717) is 0 Å². The molecule has 1 aromatic rings. The van der Waals surface area contributed by atoms with Gasteiger partial charge in [-0.15, -0.1) is 0 Å². The van der Waals surface area contributed by atoms with Gasteiger partial charge < -0.3 is 5.11 Å². The molecule has 0 heterocycles. The van der Waals surface area contributed by atoms with Gasteiger partial charge in [0.25, 0.3) is 0 Å². The van der Waals surface area contributed by atoms with E-state index in [4.69, 9.17) is 5.53 Å². The number of hydrogen-bond donors (Lipinski definition) is 1. The number of aliphatic hydroxyl groups excluding tert-OH is 1. The fourth-order valence-electron chi connectivity index (χ4n) is 1.19. The van der Waals surface area contributed by atoms with Gasteiger partial charge in [-0.2, -0.15) is 0 Å². The molecule has 0 amide bonds. The molecule has 0 aromatic heterocycles. The molecule has 1 aromatic carbocycles. The van der Waals surface area contributed by atoms with Crippen molar-refractivity contribution < 1.29 is 5.11 Å². The fraction of sp³-hybridized carbons (Fsp3) is 0.400. The molecule has 0 radical (unpaired) electrons. The van der Waals surface area contributed by atoms with Crippen LogP contribution in [0.25, 0.3) is 10.4 Å². The Labute approximate surface area is 82.8 Å². The van der Waals surface area contributed by atoms with Crippen LogP contribution < -0.4 is 0 Å². The van der Waals surface area contributed by atoms with Crippen LogP contribution in [0.3, 0.4) is 0 Å². The Kier molecular flexibility index (Phi) is 3.51. The molecule has 0 saturated heterocycles. The highest BCUT2D eigenvalue weighted by atomic mass is 16.3. The summed E-state index contributed by atoms with van der Waals surface area (Å²) in [6, 6.07) is 5.71. The summed E-state index contributed by atoms with van der Waals surface area (Å²) in [4.78, 5) is 2.61. The van der Waals surface area contributed by atoms with Gasteiger partial charge in [-0.05, 0) is 36.1 Å². The second-order valence-corrected chi connectivity index (χ2v) is 3.27. The lowest BCUT2D eigenvalue weighted by Gasteiger charge is -2.09. The SMILES string of the molecule is Cc1ccc([C@@H](O)CN=[N+]=[N-])cc1C. The van der Waals surface area contributed by atoms with Gasteiger partial charge in [-0.3, -0.25) is 0 Å². The molecule has 0 aliphatic carbocycles. The van der Waals surface area contributed by atoms with Gasteiger partial charge in [-0.25, -0.2) is 0 Å². The van der Waals surface area contributed by atoms with Gasteiger partial charge in [0.2, 0.25) is 0 Å². The summed E-state index contributed by atoms with van der Waals surface area (Å²) >= 11 is 0. The summed E-state index contributed by atoms with van der Waals surface area (Å²) in [5, 5.41) is 12.9. The van der Waals surface area contributed by atoms with Crippen LogP contribution in [0.15, 0.2) is 23.3 Å². The Bertz CT molecular complexity index is 370. The minimum absolute atomic E-state index is 0.0823. The lowest BCUT2D eigenvalue weighted by atomic mass is 10.0. The van der Waals surface area contributed by atoms with Gasteiger partial charge >= 0.3 is 0 Å². The third kappa shape index (κ3) is 2.49. The van der Waals surface area contributed by atoms with Gasteiger partial charge in [0.1, 0.15) is 0 Å². The van der Waals surface area contributed by atoms with E-state index in [1.807, 2.05) is 32.0 Å². The molecule has 0 aliphatic rings. The smallest absolute Gasteiger partial charge is 0.0846 e. The summed E-state index contributed by atoms with van der Waals surface area (Å²) in [5.41, 5.74) is 11.2. The second kappa shape index (κ2) is 4.65. The number of aryl methyl sites for hydroxylation is 2. The van der Waals surface area contributed by atoms with Crippen LogP contribution in [0.2, 0.25) is 0 Å². The Hall–Kier alpha value is -1.51. The number of rotatable bonds is 3. The van der Waals surface area contributed by atoms with Gasteiger partial charge in [0.15, 0.2) is 0 Å². The van der Waals surface area contributed by atoms with Crippen LogP contribution in [0.4, 0.5) is 0 Å². The van der Waals surface area contributed by atoms with Crippen molar-refractivity contribution in [2.24, 2.45) is 5.11 Å². The monoisotopic (exact) mass is 191 g/mol. The van der Waals surface area contributed by atoms with Crippen molar-refractivity contribution in [2.45, 2.75) is 20.0 Å². The van der Waals surface area contributed by atoms with Gasteiger partial charge in [-0.1, -0.05) is 23.3 Å². The van der Waals surface area contributed by atoms with E-state index in [1.165, 1.54) is 5.56 Å². The Balaban J connectivity index is 2.85. The molecule has 14 heavy (non-hydrogen) atoms. The predicted octanol–water partition coefficient (Wildman–Crippen LogP) is 2.65. The first-order valence-electron chi connectivity index (χ1n) is 4.41. The largest absolute Gasteiger partial charge is 0.388 e. The number of hydrogen-bond acceptors (Lipinski definition) is 2. The maximum Gasteiger partial charge on any atom is 0.0846 e. The first-order valence-corrected chi connectivity index (χ1v) is 4.41. The number of azide groups is 1. The topological polar surface area (TPSA) is 69.0 Å². The number of aliphatic hydroxyl groups is 1. The maximum atomic E-state index is 9.60. The molecule has 0 spiro atoms. The van der Waals surface area contributed by atoms with Crippen LogP contribution in [-0.2, 0) is 0 Å². The van der Waals surface area contributed by atoms with Crippen LogP contribution in [0.1, 0.15) is 22.8 Å². The zero-order chi connectivity index (χ0) is 10.6. The molecule has 0 saturated carbocycles. The standard InChI is InChI=1S/C10H13N3O/c1-7-3-4-9(5-8(7)2)10(14)6-12-13-11/h3-5,10,14H,6H2,1-2H3/t10-/m0/s1. The normalized spacial score (nSPS) is 11.9. The Morgan fingerprint density at radius 3 is 2.71 bits per heavy atom. The Morgan fingerprint density at radius 1 is 1.43 bits per heavy atom. The van der Waals surface area contributed by atoms with E-state index in [2.05, 4.69) is 10.0 Å². The molecule has 4 heteroatoms. The first kappa shape index (κ1) is 10.6. The summed E-state index contributed by atoms with van der Waals surface area (Å²) in [6.45, 7) is 4.08. The molecule has 0 bridgehead atoms. The molecule has 0 fully saturated rings. The van der Waals surface area contributed by atoms with Crippen LogP contribution >= 0.6 is 0 Å². The van der Waals surface area contributed by atoms with Crippen molar-refractivity contribution in [1.82, 2.24) is 0 Å². The summed E-state index contributed by atoms with van der Waals surface area (Å²) < 4.78 is 0. The molecule has 74 valence electrons. The lowest BCUT2D eigenvalue weighted by Crippen LogP contribution is -2.01. The van der Waals surface area contributed by atoms with E-state index in [-0.39, 0.29) is 6.54 Å². The van der Waals surface area contributed by atoms with Crippen molar-refractivity contribution >= 4 is 0 Å². The summed E-state index contributed by atoms with van der Waals surface area (Å²) in [5.74, 6) is 0. The van der Waals surface area contributed by atoms with Crippen molar-refractivity contribution in [3.05, 3.63) is 45.3 Å². The average Bonchev–Trinajstić information content (AvgIpc) is 2.18. The van der Waals surface area contributed by atoms with Crippen molar-refractivity contribution in [1.29, 1.82) is 0 Å². The second-order valence-electron chi connectivity index (χ2n) is 3.27. The van der Waals surface area contributed by atoms with Gasteiger partial charge in [0.05, 0.1) is 12.6 Å². The van der Waals surface area contributed by atoms with Crippen LogP contribution in [0, 0.1) is 13.8 Å². The highest BCUT2D eigenvalue weighted by Gasteiger charge is 2.06. The molecule has 0 aliphatic heterocycles. The minimum Gasteiger partial charge on any atom is -0.388 e. The summed E-state index contributed by atoms with van der Waals surface area (Å²) in [7, 11) is 0. The molecule has 1 rings (SSSR count). The van der Waals surface area contributed by atoms with E-state index in [0.717, 1.165) is 11.1 Å². The molecular weight excluding hydrogens is 178 g/mol. The highest BCUT2D eigenvalue weighted by Crippen LogP contribution is 2.17. The third-order valence-corrected chi connectivity index (χ3v) is 2.23. The van der Waals surface area contributed by atoms with Gasteiger partial charge in [0, 0.05) is 4.91 Å². The predicted molar refractivity (Wildman–Crippen MR) is 54.9 cm³/mol. The molecular formula is C10H13N3O. The van der Waals surface area contributed by atoms with Crippen LogP contribution in [0.5, 0.6) is 0 Å². The van der Waals surface area contributed by atoms with E-state index < -0.39 is 6.10 Å². The van der Waals surface area contributed by atoms with Crippen molar-refractivity contribution in [3.63, 3.8) is 0 Å². The lowest BCUT2D eigenvalue weighted by molar-refractivity contribution is 0.186.